The third kappa shape index (κ3) is 4.76. The molecule has 3 N–H and O–H groups in total. The first-order chi connectivity index (χ1) is 12.6. The highest BCUT2D eigenvalue weighted by Gasteiger charge is 2.04. The molecule has 0 aliphatic carbocycles. The smallest absolute Gasteiger partial charge is 0.229 e. The summed E-state index contributed by atoms with van der Waals surface area (Å²) in [6.07, 6.45) is 1.61. The lowest BCUT2D eigenvalue weighted by Gasteiger charge is -2.10. The summed E-state index contributed by atoms with van der Waals surface area (Å²) in [5.74, 6) is 0.562. The van der Waals surface area contributed by atoms with E-state index in [-0.39, 0.29) is 11.7 Å². The molecule has 7 heteroatoms. The highest BCUT2D eigenvalue weighted by atomic mass is 19.1. The van der Waals surface area contributed by atoms with Gasteiger partial charge in [-0.25, -0.2) is 9.37 Å². The van der Waals surface area contributed by atoms with Crippen molar-refractivity contribution in [3.8, 4) is 0 Å². The molecule has 0 unspecified atom stereocenters. The molecule has 0 atom stereocenters. The van der Waals surface area contributed by atoms with Crippen LogP contribution in [0.3, 0.4) is 0 Å². The maximum absolute atomic E-state index is 13.7. The Bertz CT molecular complexity index is 916. The third-order valence-corrected chi connectivity index (χ3v) is 3.51. The van der Waals surface area contributed by atoms with Crippen LogP contribution in [-0.2, 0) is 11.3 Å². The Kier molecular flexibility index (Phi) is 5.38. The molecule has 132 valence electrons. The van der Waals surface area contributed by atoms with Gasteiger partial charge in [0.15, 0.2) is 0 Å². The molecule has 0 spiro atoms. The molecule has 26 heavy (non-hydrogen) atoms. The molecule has 0 saturated heterocycles. The van der Waals surface area contributed by atoms with E-state index in [0.717, 1.165) is 5.69 Å². The largest absolute Gasteiger partial charge is 0.366 e. The van der Waals surface area contributed by atoms with E-state index in [9.17, 15) is 9.18 Å². The summed E-state index contributed by atoms with van der Waals surface area (Å²) in [4.78, 5) is 19.7. The van der Waals surface area contributed by atoms with Crippen LogP contribution in [0.4, 0.5) is 27.5 Å². The van der Waals surface area contributed by atoms with Crippen molar-refractivity contribution in [2.24, 2.45) is 0 Å². The Hall–Kier alpha value is -3.48. The maximum atomic E-state index is 13.7. The monoisotopic (exact) mass is 351 g/mol. The van der Waals surface area contributed by atoms with E-state index in [2.05, 4.69) is 25.9 Å². The zero-order chi connectivity index (χ0) is 18.4. The highest BCUT2D eigenvalue weighted by molar-refractivity contribution is 5.89. The minimum absolute atomic E-state index is 0.141. The van der Waals surface area contributed by atoms with E-state index in [0.29, 0.717) is 29.6 Å². The molecule has 0 radical (unpaired) electrons. The van der Waals surface area contributed by atoms with Crippen molar-refractivity contribution in [1.82, 2.24) is 9.97 Å². The molecule has 3 aromatic rings. The lowest BCUT2D eigenvalue weighted by Crippen LogP contribution is -2.07. The van der Waals surface area contributed by atoms with E-state index in [1.165, 1.54) is 13.0 Å². The second kappa shape index (κ2) is 8.06. The SMILES string of the molecule is CC(=O)Nc1cccc(Nc2nccc(NCc3ccccc3F)n2)c1. The molecule has 6 nitrogen and oxygen atoms in total. The molecule has 1 amide bonds. The van der Waals surface area contributed by atoms with Crippen molar-refractivity contribution < 1.29 is 9.18 Å². The number of benzene rings is 2. The highest BCUT2D eigenvalue weighted by Crippen LogP contribution is 2.19. The Balaban J connectivity index is 1.67. The van der Waals surface area contributed by atoms with Gasteiger partial charge in [0, 0.05) is 36.6 Å². The number of nitrogens with zero attached hydrogens (tertiary/aromatic N) is 2. The standard InChI is InChI=1S/C19H18FN5O/c1-13(26)23-15-6-4-7-16(11-15)24-19-21-10-9-18(25-19)22-12-14-5-2-3-8-17(14)20/h2-11H,12H2,1H3,(H,23,26)(H2,21,22,24,25). The molecule has 0 aliphatic rings. The number of carbonyl (C=O) groups is 1. The van der Waals surface area contributed by atoms with Crippen LogP contribution in [0.1, 0.15) is 12.5 Å². The molecule has 0 fully saturated rings. The molecule has 1 aromatic heterocycles. The van der Waals surface area contributed by atoms with Gasteiger partial charge in [-0.3, -0.25) is 4.79 Å². The lowest BCUT2D eigenvalue weighted by atomic mass is 10.2. The van der Waals surface area contributed by atoms with Crippen molar-refractivity contribution >= 4 is 29.0 Å². The predicted molar refractivity (Wildman–Crippen MR) is 99.8 cm³/mol. The minimum Gasteiger partial charge on any atom is -0.366 e. The molecular weight excluding hydrogens is 333 g/mol. The van der Waals surface area contributed by atoms with E-state index >= 15 is 0 Å². The van der Waals surface area contributed by atoms with E-state index in [4.69, 9.17) is 0 Å². The van der Waals surface area contributed by atoms with E-state index in [1.807, 2.05) is 12.1 Å². The molecule has 0 aliphatic heterocycles. The molecule has 2 aromatic carbocycles. The lowest BCUT2D eigenvalue weighted by molar-refractivity contribution is -0.114. The summed E-state index contributed by atoms with van der Waals surface area (Å²) >= 11 is 0. The summed E-state index contributed by atoms with van der Waals surface area (Å²) in [6, 6.07) is 15.5. The van der Waals surface area contributed by atoms with Crippen LogP contribution in [0.2, 0.25) is 0 Å². The van der Waals surface area contributed by atoms with E-state index < -0.39 is 0 Å². The number of hydrogen-bond acceptors (Lipinski definition) is 5. The average molecular weight is 351 g/mol. The van der Waals surface area contributed by atoms with Crippen molar-refractivity contribution in [3.63, 3.8) is 0 Å². The number of rotatable bonds is 6. The first-order valence-corrected chi connectivity index (χ1v) is 8.05. The number of nitrogens with one attached hydrogen (secondary N) is 3. The van der Waals surface area contributed by atoms with Crippen molar-refractivity contribution in [3.05, 3.63) is 72.2 Å². The Labute approximate surface area is 150 Å². The summed E-state index contributed by atoms with van der Waals surface area (Å²) in [5, 5.41) is 8.88. The molecule has 1 heterocycles. The second-order valence-corrected chi connectivity index (χ2v) is 5.60. The quantitative estimate of drug-likeness (QED) is 0.627. The maximum Gasteiger partial charge on any atom is 0.229 e. The van der Waals surface area contributed by atoms with Crippen LogP contribution in [0.25, 0.3) is 0 Å². The predicted octanol–water partition coefficient (Wildman–Crippen LogP) is 3.93. The summed E-state index contributed by atoms with van der Waals surface area (Å²) in [7, 11) is 0. The van der Waals surface area contributed by atoms with Gasteiger partial charge < -0.3 is 16.0 Å². The van der Waals surface area contributed by atoms with Gasteiger partial charge >= 0.3 is 0 Å². The first kappa shape index (κ1) is 17.3. The zero-order valence-corrected chi connectivity index (χ0v) is 14.2. The number of carbonyl (C=O) groups excluding carboxylic acids is 1. The van der Waals surface area contributed by atoms with Crippen molar-refractivity contribution in [2.45, 2.75) is 13.5 Å². The van der Waals surface area contributed by atoms with Crippen LogP contribution in [0.5, 0.6) is 0 Å². The van der Waals surface area contributed by atoms with Gasteiger partial charge in [0.25, 0.3) is 0 Å². The number of aromatic nitrogens is 2. The Morgan fingerprint density at radius 2 is 1.88 bits per heavy atom. The molecule has 3 rings (SSSR count). The minimum atomic E-state index is -0.262. The summed E-state index contributed by atoms with van der Waals surface area (Å²) < 4.78 is 13.7. The van der Waals surface area contributed by atoms with Gasteiger partial charge in [-0.2, -0.15) is 4.98 Å². The first-order valence-electron chi connectivity index (χ1n) is 8.05. The topological polar surface area (TPSA) is 78.9 Å². The Morgan fingerprint density at radius 1 is 1.08 bits per heavy atom. The van der Waals surface area contributed by atoms with Crippen LogP contribution < -0.4 is 16.0 Å². The second-order valence-electron chi connectivity index (χ2n) is 5.60. The van der Waals surface area contributed by atoms with Gasteiger partial charge in [0.1, 0.15) is 11.6 Å². The average Bonchev–Trinajstić information content (AvgIpc) is 2.61. The summed E-state index contributed by atoms with van der Waals surface area (Å²) in [5.41, 5.74) is 1.97. The molecule has 0 saturated carbocycles. The zero-order valence-electron chi connectivity index (χ0n) is 14.2. The fourth-order valence-electron chi connectivity index (χ4n) is 2.35. The van der Waals surface area contributed by atoms with Gasteiger partial charge in [-0.1, -0.05) is 24.3 Å². The molecule has 0 bridgehead atoms. The Morgan fingerprint density at radius 3 is 2.69 bits per heavy atom. The van der Waals surface area contributed by atoms with Crippen molar-refractivity contribution in [1.29, 1.82) is 0 Å². The summed E-state index contributed by atoms with van der Waals surface area (Å²) in [6.45, 7) is 1.77. The fraction of sp³-hybridized carbons (Fsp3) is 0.105. The van der Waals surface area contributed by atoms with Gasteiger partial charge in [0.2, 0.25) is 11.9 Å². The van der Waals surface area contributed by atoms with Crippen molar-refractivity contribution in [2.75, 3.05) is 16.0 Å². The van der Waals surface area contributed by atoms with Crippen LogP contribution >= 0.6 is 0 Å². The van der Waals surface area contributed by atoms with Crippen LogP contribution in [0, 0.1) is 5.82 Å². The normalized spacial score (nSPS) is 10.2. The number of halogens is 1. The number of anilines is 4. The number of hydrogen-bond donors (Lipinski definition) is 3. The van der Waals surface area contributed by atoms with Gasteiger partial charge in [0.05, 0.1) is 0 Å². The van der Waals surface area contributed by atoms with Gasteiger partial charge in [-0.05, 0) is 30.3 Å². The fourth-order valence-corrected chi connectivity index (χ4v) is 2.35. The van der Waals surface area contributed by atoms with Crippen LogP contribution in [-0.4, -0.2) is 15.9 Å². The number of amides is 1. The molecular formula is C19H18FN5O. The van der Waals surface area contributed by atoms with Gasteiger partial charge in [-0.15, -0.1) is 0 Å². The van der Waals surface area contributed by atoms with E-state index in [1.54, 1.807) is 42.6 Å². The van der Waals surface area contributed by atoms with Crippen LogP contribution in [0.15, 0.2) is 60.8 Å². The third-order valence-electron chi connectivity index (χ3n) is 3.51.